The molecule has 2 aliphatic rings. The van der Waals surface area contributed by atoms with Gasteiger partial charge in [0.1, 0.15) is 0 Å². The molecule has 0 aliphatic carbocycles. The molecule has 13 heavy (non-hydrogen) atoms. The minimum Gasteiger partial charge on any atom is -0.380 e. The first kappa shape index (κ1) is 9.44. The van der Waals surface area contributed by atoms with Crippen LogP contribution in [0.3, 0.4) is 0 Å². The minimum atomic E-state index is 0.279. The van der Waals surface area contributed by atoms with E-state index >= 15 is 0 Å². The maximum absolute atomic E-state index is 5.69. The van der Waals surface area contributed by atoms with Gasteiger partial charge in [0.05, 0.1) is 39.6 Å². The molecule has 0 atom stereocenters. The van der Waals surface area contributed by atoms with Crippen LogP contribution in [-0.4, -0.2) is 39.6 Å². The molecule has 0 aromatic rings. The van der Waals surface area contributed by atoms with Gasteiger partial charge < -0.3 is 14.2 Å². The van der Waals surface area contributed by atoms with Gasteiger partial charge in [-0.3, -0.25) is 0 Å². The third-order valence-electron chi connectivity index (χ3n) is 2.70. The van der Waals surface area contributed by atoms with Gasteiger partial charge in [0, 0.05) is 10.8 Å². The smallest absolute Gasteiger partial charge is 0.0564 e. The average Bonchev–Trinajstić information content (AvgIpc) is 1.98. The van der Waals surface area contributed by atoms with E-state index in [0.717, 1.165) is 39.6 Å². The summed E-state index contributed by atoms with van der Waals surface area (Å²) < 4.78 is 16.0. The second-order valence-corrected chi connectivity index (χ2v) is 5.10. The Hall–Kier alpha value is -0.120. The molecule has 0 amide bonds. The molecule has 0 N–H and O–H groups in total. The molecule has 0 saturated carbocycles. The van der Waals surface area contributed by atoms with Crippen molar-refractivity contribution in [3.05, 3.63) is 0 Å². The summed E-state index contributed by atoms with van der Waals surface area (Å²) in [5.74, 6) is 0. The predicted molar refractivity (Wildman–Crippen MR) is 48.7 cm³/mol. The quantitative estimate of drug-likeness (QED) is 0.657. The summed E-state index contributed by atoms with van der Waals surface area (Å²) in [5.41, 5.74) is 0.557. The van der Waals surface area contributed by atoms with Crippen molar-refractivity contribution >= 4 is 0 Å². The maximum Gasteiger partial charge on any atom is 0.0564 e. The van der Waals surface area contributed by atoms with E-state index in [1.54, 1.807) is 0 Å². The summed E-state index contributed by atoms with van der Waals surface area (Å²) in [5, 5.41) is 0. The van der Waals surface area contributed by atoms with E-state index < -0.39 is 0 Å². The van der Waals surface area contributed by atoms with Crippen molar-refractivity contribution in [1.82, 2.24) is 0 Å². The first-order valence-electron chi connectivity index (χ1n) is 4.85. The highest BCUT2D eigenvalue weighted by atomic mass is 16.5. The van der Waals surface area contributed by atoms with E-state index in [4.69, 9.17) is 14.2 Å². The van der Waals surface area contributed by atoms with Crippen LogP contribution in [0.25, 0.3) is 0 Å². The fraction of sp³-hybridized carbons (Fsp3) is 1.00. The van der Waals surface area contributed by atoms with Crippen LogP contribution in [-0.2, 0) is 14.2 Å². The number of hydrogen-bond donors (Lipinski definition) is 0. The van der Waals surface area contributed by atoms with Crippen LogP contribution in [0, 0.1) is 10.8 Å². The lowest BCUT2D eigenvalue weighted by molar-refractivity contribution is -0.174. The Balaban J connectivity index is 1.63. The normalized spacial score (nSPS) is 29.1. The van der Waals surface area contributed by atoms with Crippen molar-refractivity contribution in [1.29, 1.82) is 0 Å². The summed E-state index contributed by atoms with van der Waals surface area (Å²) in [6.45, 7) is 9.44. The van der Waals surface area contributed by atoms with E-state index in [2.05, 4.69) is 13.8 Å². The van der Waals surface area contributed by atoms with Gasteiger partial charge in [0.25, 0.3) is 0 Å². The van der Waals surface area contributed by atoms with Gasteiger partial charge in [-0.15, -0.1) is 0 Å². The molecule has 2 aliphatic heterocycles. The molecule has 0 spiro atoms. The minimum absolute atomic E-state index is 0.279. The standard InChI is InChI=1S/C10H18O3/c1-9(3-11-4-9)7-13-8-10(2)5-12-6-10/h3-8H2,1-2H3. The van der Waals surface area contributed by atoms with Gasteiger partial charge in [-0.2, -0.15) is 0 Å². The molecule has 0 aromatic heterocycles. The first-order chi connectivity index (χ1) is 6.12. The zero-order valence-electron chi connectivity index (χ0n) is 8.47. The third-order valence-corrected chi connectivity index (χ3v) is 2.70. The molecule has 0 aromatic carbocycles. The van der Waals surface area contributed by atoms with Crippen molar-refractivity contribution in [3.63, 3.8) is 0 Å². The molecule has 2 fully saturated rings. The maximum atomic E-state index is 5.69. The fourth-order valence-electron chi connectivity index (χ4n) is 1.61. The van der Waals surface area contributed by atoms with Gasteiger partial charge in [-0.25, -0.2) is 0 Å². The molecule has 2 rings (SSSR count). The van der Waals surface area contributed by atoms with E-state index in [9.17, 15) is 0 Å². The summed E-state index contributed by atoms with van der Waals surface area (Å²) >= 11 is 0. The van der Waals surface area contributed by atoms with E-state index in [1.807, 2.05) is 0 Å². The zero-order chi connectivity index (χ0) is 9.36. The number of hydrogen-bond acceptors (Lipinski definition) is 3. The Morgan fingerprint density at radius 1 is 0.923 bits per heavy atom. The summed E-state index contributed by atoms with van der Waals surface area (Å²) in [6, 6.07) is 0. The topological polar surface area (TPSA) is 27.7 Å². The average molecular weight is 186 g/mol. The summed E-state index contributed by atoms with van der Waals surface area (Å²) in [4.78, 5) is 0. The van der Waals surface area contributed by atoms with Crippen molar-refractivity contribution in [3.8, 4) is 0 Å². The van der Waals surface area contributed by atoms with Gasteiger partial charge in [-0.1, -0.05) is 13.8 Å². The van der Waals surface area contributed by atoms with Crippen LogP contribution < -0.4 is 0 Å². The lowest BCUT2D eigenvalue weighted by atomic mass is 9.88. The van der Waals surface area contributed by atoms with E-state index in [0.29, 0.717) is 0 Å². The SMILES string of the molecule is CC1(COCC2(C)COC2)COC1. The first-order valence-corrected chi connectivity index (χ1v) is 4.85. The van der Waals surface area contributed by atoms with E-state index in [-0.39, 0.29) is 10.8 Å². The van der Waals surface area contributed by atoms with Crippen molar-refractivity contribution in [2.45, 2.75) is 13.8 Å². The Bertz CT molecular complexity index is 163. The van der Waals surface area contributed by atoms with Gasteiger partial charge in [0.2, 0.25) is 0 Å². The summed E-state index contributed by atoms with van der Waals surface area (Å²) in [6.07, 6.45) is 0. The van der Waals surface area contributed by atoms with Crippen LogP contribution in [0.4, 0.5) is 0 Å². The van der Waals surface area contributed by atoms with Crippen LogP contribution in [0.2, 0.25) is 0 Å². The molecule has 3 heteroatoms. The molecule has 0 bridgehead atoms. The van der Waals surface area contributed by atoms with Crippen LogP contribution in [0.1, 0.15) is 13.8 Å². The number of rotatable bonds is 4. The van der Waals surface area contributed by atoms with Crippen LogP contribution in [0.15, 0.2) is 0 Å². The molecule has 76 valence electrons. The molecular formula is C10H18O3. The Morgan fingerprint density at radius 2 is 1.31 bits per heavy atom. The highest BCUT2D eigenvalue weighted by Crippen LogP contribution is 2.30. The molecular weight excluding hydrogens is 168 g/mol. The lowest BCUT2D eigenvalue weighted by Gasteiger charge is -2.41. The highest BCUT2D eigenvalue weighted by Gasteiger charge is 2.37. The zero-order valence-corrected chi connectivity index (χ0v) is 8.47. The molecule has 0 radical (unpaired) electrons. The second-order valence-electron chi connectivity index (χ2n) is 5.10. The second kappa shape index (κ2) is 3.23. The Morgan fingerprint density at radius 3 is 1.54 bits per heavy atom. The van der Waals surface area contributed by atoms with Gasteiger partial charge in [0.15, 0.2) is 0 Å². The lowest BCUT2D eigenvalue weighted by Crippen LogP contribution is -2.47. The predicted octanol–water partition coefficient (Wildman–Crippen LogP) is 1.08. The molecule has 2 saturated heterocycles. The monoisotopic (exact) mass is 186 g/mol. The Labute approximate surface area is 79.4 Å². The highest BCUT2D eigenvalue weighted by molar-refractivity contribution is 4.83. The van der Waals surface area contributed by atoms with Gasteiger partial charge >= 0.3 is 0 Å². The van der Waals surface area contributed by atoms with Crippen molar-refractivity contribution in [2.75, 3.05) is 39.6 Å². The molecule has 0 unspecified atom stereocenters. The van der Waals surface area contributed by atoms with Crippen LogP contribution >= 0.6 is 0 Å². The molecule has 3 nitrogen and oxygen atoms in total. The van der Waals surface area contributed by atoms with Crippen molar-refractivity contribution < 1.29 is 14.2 Å². The number of ether oxygens (including phenoxy) is 3. The third kappa shape index (κ3) is 2.03. The fourth-order valence-corrected chi connectivity index (χ4v) is 1.61. The summed E-state index contributed by atoms with van der Waals surface area (Å²) in [7, 11) is 0. The molecule has 2 heterocycles. The Kier molecular flexibility index (Phi) is 2.34. The van der Waals surface area contributed by atoms with Crippen LogP contribution in [0.5, 0.6) is 0 Å². The largest absolute Gasteiger partial charge is 0.380 e. The van der Waals surface area contributed by atoms with Crippen molar-refractivity contribution in [2.24, 2.45) is 10.8 Å². The van der Waals surface area contributed by atoms with Gasteiger partial charge in [-0.05, 0) is 0 Å². The van der Waals surface area contributed by atoms with E-state index in [1.165, 1.54) is 0 Å².